The standard InChI is InChI=1S/C20H15FN2O/c1-2-14-4-3-5-17-18(12-23-19(14)17)20(24)15(11-22)10-13-6-8-16(21)9-7-13/h3-10,12,23H,2H2,1H3/b15-10+. The molecule has 24 heavy (non-hydrogen) atoms. The van der Waals surface area contributed by atoms with Crippen LogP contribution in [0, 0.1) is 17.1 Å². The van der Waals surface area contributed by atoms with Crippen molar-refractivity contribution in [2.45, 2.75) is 13.3 Å². The first-order chi connectivity index (χ1) is 11.6. The molecule has 3 nitrogen and oxygen atoms in total. The van der Waals surface area contributed by atoms with Crippen molar-refractivity contribution < 1.29 is 9.18 Å². The lowest BCUT2D eigenvalue weighted by atomic mass is 10.00. The number of para-hydroxylation sites is 1. The number of Topliss-reactive ketones (excluding diaryl/α,β-unsaturated/α-hetero) is 1. The summed E-state index contributed by atoms with van der Waals surface area (Å²) < 4.78 is 13.0. The highest BCUT2D eigenvalue weighted by Crippen LogP contribution is 2.24. The fourth-order valence-electron chi connectivity index (χ4n) is 2.72. The molecule has 118 valence electrons. The van der Waals surface area contributed by atoms with Crippen molar-refractivity contribution in [1.82, 2.24) is 4.98 Å². The molecule has 0 aliphatic rings. The minimum absolute atomic E-state index is 0.0180. The lowest BCUT2D eigenvalue weighted by Crippen LogP contribution is -2.01. The number of fused-ring (bicyclic) bond motifs is 1. The van der Waals surface area contributed by atoms with Crippen molar-refractivity contribution in [1.29, 1.82) is 5.26 Å². The second kappa shape index (κ2) is 6.51. The Labute approximate surface area is 139 Å². The summed E-state index contributed by atoms with van der Waals surface area (Å²) in [4.78, 5) is 15.9. The van der Waals surface area contributed by atoms with E-state index < -0.39 is 0 Å². The molecular formula is C20H15FN2O. The molecule has 0 aliphatic carbocycles. The number of nitriles is 1. The molecule has 1 aromatic heterocycles. The van der Waals surface area contributed by atoms with Crippen LogP contribution in [-0.4, -0.2) is 10.8 Å². The SMILES string of the molecule is CCc1cccc2c(C(=O)/C(C#N)=C/c3ccc(F)cc3)c[nH]c12. The number of aromatic nitrogens is 1. The van der Waals surface area contributed by atoms with Crippen LogP contribution in [0.5, 0.6) is 0 Å². The predicted octanol–water partition coefficient (Wildman–Crippen LogP) is 4.66. The predicted molar refractivity (Wildman–Crippen MR) is 92.0 cm³/mol. The number of benzene rings is 2. The number of allylic oxidation sites excluding steroid dienone is 1. The van der Waals surface area contributed by atoms with Crippen molar-refractivity contribution in [3.05, 3.63) is 76.7 Å². The highest BCUT2D eigenvalue weighted by molar-refractivity contribution is 6.20. The van der Waals surface area contributed by atoms with Gasteiger partial charge in [0.05, 0.1) is 0 Å². The second-order valence-electron chi connectivity index (χ2n) is 5.45. The van der Waals surface area contributed by atoms with E-state index in [1.807, 2.05) is 31.2 Å². The topological polar surface area (TPSA) is 56.6 Å². The Bertz CT molecular complexity index is 975. The maximum Gasteiger partial charge on any atom is 0.205 e. The fourth-order valence-corrected chi connectivity index (χ4v) is 2.72. The summed E-state index contributed by atoms with van der Waals surface area (Å²) >= 11 is 0. The summed E-state index contributed by atoms with van der Waals surface area (Å²) in [6, 6.07) is 13.4. The summed E-state index contributed by atoms with van der Waals surface area (Å²) in [5.41, 5.74) is 3.13. The van der Waals surface area contributed by atoms with E-state index in [4.69, 9.17) is 0 Å². The Morgan fingerprint density at radius 1 is 1.25 bits per heavy atom. The summed E-state index contributed by atoms with van der Waals surface area (Å²) in [6.45, 7) is 2.05. The number of H-pyrrole nitrogens is 1. The lowest BCUT2D eigenvalue weighted by molar-refractivity contribution is 0.104. The van der Waals surface area contributed by atoms with E-state index in [-0.39, 0.29) is 17.2 Å². The number of rotatable bonds is 4. The van der Waals surface area contributed by atoms with Crippen LogP contribution in [-0.2, 0) is 6.42 Å². The molecule has 1 heterocycles. The van der Waals surface area contributed by atoms with Crippen LogP contribution < -0.4 is 0 Å². The van der Waals surface area contributed by atoms with Crippen molar-refractivity contribution in [3.8, 4) is 6.07 Å². The molecule has 0 spiro atoms. The van der Waals surface area contributed by atoms with Crippen LogP contribution in [0.15, 0.2) is 54.2 Å². The third-order valence-corrected chi connectivity index (χ3v) is 3.97. The molecule has 0 bridgehead atoms. The zero-order chi connectivity index (χ0) is 17.1. The van der Waals surface area contributed by atoms with Gasteiger partial charge in [0, 0.05) is 22.7 Å². The van der Waals surface area contributed by atoms with Crippen LogP contribution in [0.1, 0.15) is 28.4 Å². The van der Waals surface area contributed by atoms with Gasteiger partial charge >= 0.3 is 0 Å². The summed E-state index contributed by atoms with van der Waals surface area (Å²) in [5, 5.41) is 10.2. The first kappa shape index (κ1) is 15.7. The summed E-state index contributed by atoms with van der Waals surface area (Å²) in [6.07, 6.45) is 3.97. The third kappa shape index (κ3) is 2.84. The molecule has 0 fully saturated rings. The molecule has 4 heteroatoms. The molecule has 0 amide bonds. The zero-order valence-corrected chi connectivity index (χ0v) is 13.1. The van der Waals surface area contributed by atoms with Crippen molar-refractivity contribution in [3.63, 3.8) is 0 Å². The normalized spacial score (nSPS) is 11.5. The van der Waals surface area contributed by atoms with Crippen LogP contribution in [0.3, 0.4) is 0 Å². The molecule has 0 radical (unpaired) electrons. The molecule has 3 rings (SSSR count). The van der Waals surface area contributed by atoms with Gasteiger partial charge in [0.1, 0.15) is 17.5 Å². The summed E-state index contributed by atoms with van der Waals surface area (Å²) in [7, 11) is 0. The van der Waals surface area contributed by atoms with Crippen molar-refractivity contribution in [2.24, 2.45) is 0 Å². The van der Waals surface area contributed by atoms with Gasteiger partial charge in [-0.3, -0.25) is 4.79 Å². The number of halogens is 1. The number of aromatic amines is 1. The number of carbonyl (C=O) groups excluding carboxylic acids is 1. The van der Waals surface area contributed by atoms with E-state index in [0.717, 1.165) is 22.9 Å². The quantitative estimate of drug-likeness (QED) is 0.432. The van der Waals surface area contributed by atoms with E-state index in [2.05, 4.69) is 4.98 Å². The molecule has 1 N–H and O–H groups in total. The van der Waals surface area contributed by atoms with E-state index in [1.165, 1.54) is 30.3 Å². The zero-order valence-electron chi connectivity index (χ0n) is 13.1. The van der Waals surface area contributed by atoms with Crippen LogP contribution in [0.4, 0.5) is 4.39 Å². The molecule has 0 saturated heterocycles. The van der Waals surface area contributed by atoms with E-state index in [0.29, 0.717) is 11.1 Å². The smallest absolute Gasteiger partial charge is 0.205 e. The van der Waals surface area contributed by atoms with Crippen LogP contribution in [0.25, 0.3) is 17.0 Å². The highest BCUT2D eigenvalue weighted by Gasteiger charge is 2.17. The largest absolute Gasteiger partial charge is 0.360 e. The molecule has 0 unspecified atom stereocenters. The number of nitrogens with one attached hydrogen (secondary N) is 1. The Hall–Kier alpha value is -3.19. The first-order valence-electron chi connectivity index (χ1n) is 7.65. The minimum Gasteiger partial charge on any atom is -0.360 e. The number of carbonyl (C=O) groups is 1. The Kier molecular flexibility index (Phi) is 4.26. The van der Waals surface area contributed by atoms with Gasteiger partial charge in [-0.2, -0.15) is 5.26 Å². The number of aryl methyl sites for hydroxylation is 1. The average Bonchev–Trinajstić information content (AvgIpc) is 3.04. The lowest BCUT2D eigenvalue weighted by Gasteiger charge is -2.01. The van der Waals surface area contributed by atoms with Crippen LogP contribution >= 0.6 is 0 Å². The second-order valence-corrected chi connectivity index (χ2v) is 5.45. The van der Waals surface area contributed by atoms with Gasteiger partial charge in [0.2, 0.25) is 5.78 Å². The number of hydrogen-bond acceptors (Lipinski definition) is 2. The number of ketones is 1. The van der Waals surface area contributed by atoms with Gasteiger partial charge < -0.3 is 4.98 Å². The average molecular weight is 318 g/mol. The molecule has 2 aromatic carbocycles. The van der Waals surface area contributed by atoms with Gasteiger partial charge in [-0.15, -0.1) is 0 Å². The van der Waals surface area contributed by atoms with Gasteiger partial charge in [-0.1, -0.05) is 37.3 Å². The van der Waals surface area contributed by atoms with Crippen LogP contribution in [0.2, 0.25) is 0 Å². The summed E-state index contributed by atoms with van der Waals surface area (Å²) in [5.74, 6) is -0.706. The van der Waals surface area contributed by atoms with E-state index in [9.17, 15) is 14.4 Å². The van der Waals surface area contributed by atoms with Gasteiger partial charge in [-0.05, 0) is 35.8 Å². The maximum absolute atomic E-state index is 13.0. The number of hydrogen-bond donors (Lipinski definition) is 1. The molecular weight excluding hydrogens is 303 g/mol. The molecule has 3 aromatic rings. The molecule has 0 aliphatic heterocycles. The van der Waals surface area contributed by atoms with Gasteiger partial charge in [0.25, 0.3) is 0 Å². The van der Waals surface area contributed by atoms with Gasteiger partial charge in [-0.25, -0.2) is 4.39 Å². The van der Waals surface area contributed by atoms with E-state index >= 15 is 0 Å². The third-order valence-electron chi connectivity index (χ3n) is 3.97. The fraction of sp³-hybridized carbons (Fsp3) is 0.100. The maximum atomic E-state index is 13.0. The molecule has 0 saturated carbocycles. The van der Waals surface area contributed by atoms with E-state index in [1.54, 1.807) is 6.20 Å². The minimum atomic E-state index is -0.360. The molecule has 0 atom stereocenters. The Morgan fingerprint density at radius 3 is 2.67 bits per heavy atom. The van der Waals surface area contributed by atoms with Crippen molar-refractivity contribution in [2.75, 3.05) is 0 Å². The van der Waals surface area contributed by atoms with Crippen molar-refractivity contribution >= 4 is 22.8 Å². The monoisotopic (exact) mass is 318 g/mol. The Morgan fingerprint density at radius 2 is 2.00 bits per heavy atom. The first-order valence-corrected chi connectivity index (χ1v) is 7.65. The van der Waals surface area contributed by atoms with Gasteiger partial charge in [0.15, 0.2) is 0 Å². The highest BCUT2D eigenvalue weighted by atomic mass is 19.1. The Balaban J connectivity index is 2.04. The number of nitrogens with zero attached hydrogens (tertiary/aromatic N) is 1.